The van der Waals surface area contributed by atoms with Gasteiger partial charge in [0.2, 0.25) is 0 Å². The van der Waals surface area contributed by atoms with E-state index in [0.29, 0.717) is 24.8 Å². The summed E-state index contributed by atoms with van der Waals surface area (Å²) in [7, 11) is 3.29. The quantitative estimate of drug-likeness (QED) is 0.478. The molecule has 0 aliphatic heterocycles. The van der Waals surface area contributed by atoms with Crippen molar-refractivity contribution < 1.29 is 14.2 Å². The predicted octanol–water partition coefficient (Wildman–Crippen LogP) is 4.90. The number of hydrogen-bond donors (Lipinski definition) is 1. The number of nitrogens with zero attached hydrogens (tertiary/aromatic N) is 2. The van der Waals surface area contributed by atoms with Gasteiger partial charge >= 0.3 is 0 Å². The standard InChI is InChI=1S/C24H27N3O3S/c1-4-30-21-11-8-20(9-12-21)26-24(31)27(16-18-6-5-13-25-15-18)17-19-7-10-22(28-2)14-23(19)29-3/h5-15H,4,16-17H2,1-3H3,(H,26,31). The number of thiocarbonyl (C=S) groups is 1. The van der Waals surface area contributed by atoms with Gasteiger partial charge in [-0.2, -0.15) is 0 Å². The predicted molar refractivity (Wildman–Crippen MR) is 127 cm³/mol. The third-order valence-electron chi connectivity index (χ3n) is 4.66. The average Bonchev–Trinajstić information content (AvgIpc) is 2.81. The monoisotopic (exact) mass is 437 g/mol. The van der Waals surface area contributed by atoms with Crippen LogP contribution in [0.25, 0.3) is 0 Å². The molecule has 162 valence electrons. The molecule has 1 heterocycles. The van der Waals surface area contributed by atoms with Crippen LogP contribution in [-0.2, 0) is 13.1 Å². The van der Waals surface area contributed by atoms with Crippen LogP contribution in [0.5, 0.6) is 17.2 Å². The molecule has 0 aliphatic carbocycles. The van der Waals surface area contributed by atoms with E-state index in [1.54, 1.807) is 20.4 Å². The third kappa shape index (κ3) is 6.33. The van der Waals surface area contributed by atoms with Crippen molar-refractivity contribution in [2.45, 2.75) is 20.0 Å². The maximum absolute atomic E-state index is 5.77. The van der Waals surface area contributed by atoms with E-state index in [-0.39, 0.29) is 0 Å². The number of anilines is 1. The van der Waals surface area contributed by atoms with Crippen LogP contribution < -0.4 is 19.5 Å². The van der Waals surface area contributed by atoms with E-state index in [2.05, 4.69) is 15.2 Å². The van der Waals surface area contributed by atoms with Gasteiger partial charge in [0, 0.05) is 42.8 Å². The molecule has 3 rings (SSSR count). The van der Waals surface area contributed by atoms with Gasteiger partial charge in [-0.1, -0.05) is 6.07 Å². The van der Waals surface area contributed by atoms with E-state index < -0.39 is 0 Å². The molecule has 0 bridgehead atoms. The average molecular weight is 438 g/mol. The molecular weight excluding hydrogens is 410 g/mol. The van der Waals surface area contributed by atoms with Crippen LogP contribution >= 0.6 is 12.2 Å². The van der Waals surface area contributed by atoms with Crippen molar-refractivity contribution in [3.63, 3.8) is 0 Å². The first-order chi connectivity index (χ1) is 15.1. The molecule has 0 radical (unpaired) electrons. The van der Waals surface area contributed by atoms with E-state index in [1.165, 1.54) is 0 Å². The minimum atomic E-state index is 0.560. The molecule has 3 aromatic rings. The van der Waals surface area contributed by atoms with Gasteiger partial charge in [-0.3, -0.25) is 4.98 Å². The Bertz CT molecular complexity index is 981. The Morgan fingerprint density at radius 1 is 1.00 bits per heavy atom. The highest BCUT2D eigenvalue weighted by Crippen LogP contribution is 2.27. The van der Waals surface area contributed by atoms with Crippen molar-refractivity contribution in [3.05, 3.63) is 78.1 Å². The molecule has 0 amide bonds. The molecule has 0 fully saturated rings. The van der Waals surface area contributed by atoms with E-state index in [4.69, 9.17) is 26.4 Å². The van der Waals surface area contributed by atoms with Crippen LogP contribution in [0.3, 0.4) is 0 Å². The summed E-state index contributed by atoms with van der Waals surface area (Å²) in [5, 5.41) is 3.93. The molecule has 2 aromatic carbocycles. The van der Waals surface area contributed by atoms with Crippen LogP contribution in [-0.4, -0.2) is 35.8 Å². The van der Waals surface area contributed by atoms with E-state index in [9.17, 15) is 0 Å². The van der Waals surface area contributed by atoms with Gasteiger partial charge in [0.15, 0.2) is 5.11 Å². The minimum absolute atomic E-state index is 0.560. The van der Waals surface area contributed by atoms with Crippen molar-refractivity contribution in [2.24, 2.45) is 0 Å². The van der Waals surface area contributed by atoms with Crippen LogP contribution in [0.15, 0.2) is 67.0 Å². The molecule has 0 spiro atoms. The first-order valence-electron chi connectivity index (χ1n) is 10.0. The van der Waals surface area contributed by atoms with Gasteiger partial charge in [-0.25, -0.2) is 0 Å². The van der Waals surface area contributed by atoms with Crippen LogP contribution in [0.2, 0.25) is 0 Å². The molecule has 1 aromatic heterocycles. The molecule has 6 nitrogen and oxygen atoms in total. The fourth-order valence-electron chi connectivity index (χ4n) is 3.10. The topological polar surface area (TPSA) is 55.9 Å². The largest absolute Gasteiger partial charge is 0.497 e. The number of aromatic nitrogens is 1. The number of rotatable bonds is 9. The third-order valence-corrected chi connectivity index (χ3v) is 5.02. The SMILES string of the molecule is CCOc1ccc(NC(=S)N(Cc2cccnc2)Cc2ccc(OC)cc2OC)cc1. The summed E-state index contributed by atoms with van der Waals surface area (Å²) in [6, 6.07) is 17.5. The van der Waals surface area contributed by atoms with Crippen molar-refractivity contribution in [2.75, 3.05) is 26.1 Å². The first kappa shape index (κ1) is 22.4. The lowest BCUT2D eigenvalue weighted by Gasteiger charge is -2.27. The second kappa shape index (κ2) is 11.2. The molecule has 0 saturated carbocycles. The molecule has 1 N–H and O–H groups in total. The maximum Gasteiger partial charge on any atom is 0.174 e. The lowest BCUT2D eigenvalue weighted by Crippen LogP contribution is -2.34. The van der Waals surface area contributed by atoms with Gasteiger partial charge in [-0.15, -0.1) is 0 Å². The van der Waals surface area contributed by atoms with Crippen LogP contribution in [0.1, 0.15) is 18.1 Å². The van der Waals surface area contributed by atoms with Crippen LogP contribution in [0.4, 0.5) is 5.69 Å². The van der Waals surface area contributed by atoms with Gasteiger partial charge in [0.05, 0.1) is 20.8 Å². The van der Waals surface area contributed by atoms with Gasteiger partial charge in [0.1, 0.15) is 17.2 Å². The Labute approximate surface area is 188 Å². The molecule has 0 aliphatic rings. The van der Waals surface area contributed by atoms with Crippen molar-refractivity contribution >= 4 is 23.0 Å². The Hall–Kier alpha value is -3.32. The lowest BCUT2D eigenvalue weighted by atomic mass is 10.1. The number of methoxy groups -OCH3 is 2. The van der Waals surface area contributed by atoms with Crippen LogP contribution in [0, 0.1) is 0 Å². The summed E-state index contributed by atoms with van der Waals surface area (Å²) in [5.41, 5.74) is 2.96. The van der Waals surface area contributed by atoms with Gasteiger partial charge in [-0.05, 0) is 67.2 Å². The van der Waals surface area contributed by atoms with E-state index in [0.717, 1.165) is 34.1 Å². The van der Waals surface area contributed by atoms with E-state index in [1.807, 2.05) is 67.7 Å². The summed E-state index contributed by atoms with van der Waals surface area (Å²) in [6.07, 6.45) is 3.61. The number of pyridine rings is 1. The minimum Gasteiger partial charge on any atom is -0.497 e. The molecular formula is C24H27N3O3S. The summed E-state index contributed by atoms with van der Waals surface area (Å²) in [4.78, 5) is 6.30. The number of hydrogen-bond acceptors (Lipinski definition) is 5. The second-order valence-corrected chi connectivity index (χ2v) is 7.17. The Balaban J connectivity index is 1.81. The highest BCUT2D eigenvalue weighted by Gasteiger charge is 2.15. The highest BCUT2D eigenvalue weighted by atomic mass is 32.1. The van der Waals surface area contributed by atoms with Gasteiger partial charge in [0.25, 0.3) is 0 Å². The molecule has 0 unspecified atom stereocenters. The Morgan fingerprint density at radius 3 is 2.42 bits per heavy atom. The first-order valence-corrected chi connectivity index (χ1v) is 10.4. The smallest absolute Gasteiger partial charge is 0.174 e. The van der Waals surface area contributed by atoms with Crippen molar-refractivity contribution in [3.8, 4) is 17.2 Å². The maximum atomic E-state index is 5.77. The highest BCUT2D eigenvalue weighted by molar-refractivity contribution is 7.80. The fourth-order valence-corrected chi connectivity index (χ4v) is 3.35. The summed E-state index contributed by atoms with van der Waals surface area (Å²) in [5.74, 6) is 2.32. The Kier molecular flexibility index (Phi) is 8.06. The van der Waals surface area contributed by atoms with Crippen molar-refractivity contribution in [1.82, 2.24) is 9.88 Å². The number of benzene rings is 2. The molecule has 0 atom stereocenters. The zero-order valence-electron chi connectivity index (χ0n) is 18.0. The molecule has 31 heavy (non-hydrogen) atoms. The summed E-state index contributed by atoms with van der Waals surface area (Å²) >= 11 is 5.77. The number of ether oxygens (including phenoxy) is 3. The van der Waals surface area contributed by atoms with Crippen molar-refractivity contribution in [1.29, 1.82) is 0 Å². The van der Waals surface area contributed by atoms with E-state index >= 15 is 0 Å². The Morgan fingerprint density at radius 2 is 1.77 bits per heavy atom. The zero-order valence-corrected chi connectivity index (χ0v) is 18.8. The lowest BCUT2D eigenvalue weighted by molar-refractivity contribution is 0.340. The zero-order chi connectivity index (χ0) is 22.1. The normalized spacial score (nSPS) is 10.3. The van der Waals surface area contributed by atoms with Gasteiger partial charge < -0.3 is 24.4 Å². The molecule has 7 heteroatoms. The summed E-state index contributed by atoms with van der Waals surface area (Å²) in [6.45, 7) is 3.76. The number of nitrogens with one attached hydrogen (secondary N) is 1. The fraction of sp³-hybridized carbons (Fsp3) is 0.250. The second-order valence-electron chi connectivity index (χ2n) is 6.78. The molecule has 0 saturated heterocycles. The summed E-state index contributed by atoms with van der Waals surface area (Å²) < 4.78 is 16.4.